The number of imidazole rings is 1. The van der Waals surface area contributed by atoms with Crippen LogP contribution in [0.3, 0.4) is 0 Å². The summed E-state index contributed by atoms with van der Waals surface area (Å²) in [4.78, 5) is 22.3. The maximum Gasteiger partial charge on any atom is 0.320 e. The van der Waals surface area contributed by atoms with Gasteiger partial charge in [-0.1, -0.05) is 74.5 Å². The van der Waals surface area contributed by atoms with Gasteiger partial charge in [0.05, 0.1) is 24.5 Å². The first-order valence-electron chi connectivity index (χ1n) is 13.0. The lowest BCUT2D eigenvalue weighted by molar-refractivity contribution is 0.0616. The minimum Gasteiger partial charge on any atom is -0.391 e. The molecule has 37 heavy (non-hydrogen) atoms. The lowest BCUT2D eigenvalue weighted by Gasteiger charge is -2.42. The maximum atomic E-state index is 14.7. The fraction of sp³-hybridized carbons (Fsp3) is 0.448. The van der Waals surface area contributed by atoms with Crippen molar-refractivity contribution in [3.8, 4) is 11.3 Å². The Morgan fingerprint density at radius 3 is 2.46 bits per heavy atom. The highest BCUT2D eigenvalue weighted by molar-refractivity contribution is 5.75. The first-order valence-corrected chi connectivity index (χ1v) is 13.0. The van der Waals surface area contributed by atoms with E-state index in [2.05, 4.69) is 0 Å². The number of carbonyl (C=O) groups is 1. The largest absolute Gasteiger partial charge is 0.391 e. The monoisotopic (exact) mass is 507 g/mol. The number of aliphatic hydroxyl groups is 1. The van der Waals surface area contributed by atoms with Gasteiger partial charge in [0.2, 0.25) is 0 Å². The van der Waals surface area contributed by atoms with Crippen molar-refractivity contribution in [3.63, 3.8) is 0 Å². The van der Waals surface area contributed by atoms with Crippen LogP contribution in [0.15, 0.2) is 66.9 Å². The summed E-state index contributed by atoms with van der Waals surface area (Å²) in [6.07, 6.45) is 2.56. The molecule has 2 aromatic carbocycles. The molecule has 4 rings (SSSR count). The van der Waals surface area contributed by atoms with E-state index in [9.17, 15) is 14.3 Å². The highest BCUT2D eigenvalue weighted by Gasteiger charge is 2.43. The number of rotatable bonds is 10. The van der Waals surface area contributed by atoms with Gasteiger partial charge in [-0.2, -0.15) is 0 Å². The Labute approximate surface area is 218 Å². The number of likely N-dealkylation sites (tertiary alicyclic amines) is 1. The zero-order valence-electron chi connectivity index (χ0n) is 21.8. The van der Waals surface area contributed by atoms with E-state index in [-0.39, 0.29) is 12.6 Å². The average molecular weight is 508 g/mol. The normalized spacial score (nSPS) is 16.7. The van der Waals surface area contributed by atoms with Crippen LogP contribution in [0.4, 0.5) is 9.18 Å². The van der Waals surface area contributed by atoms with Crippen molar-refractivity contribution in [2.45, 2.75) is 45.4 Å². The van der Waals surface area contributed by atoms with Crippen LogP contribution in [0.25, 0.3) is 11.3 Å². The molecule has 1 aromatic heterocycles. The molecule has 3 aromatic rings. The summed E-state index contributed by atoms with van der Waals surface area (Å²) in [5.41, 5.74) is 7.75. The van der Waals surface area contributed by atoms with E-state index in [1.807, 2.05) is 85.3 Å². The molecule has 8 heteroatoms. The molecule has 7 nitrogen and oxygen atoms in total. The Balaban J connectivity index is 1.84. The van der Waals surface area contributed by atoms with Crippen LogP contribution in [0.2, 0.25) is 0 Å². The topological polar surface area (TPSA) is 87.6 Å². The van der Waals surface area contributed by atoms with Crippen LogP contribution in [0.5, 0.6) is 0 Å². The first kappa shape index (κ1) is 26.8. The van der Waals surface area contributed by atoms with Crippen molar-refractivity contribution in [2.75, 3.05) is 32.9 Å². The zero-order valence-corrected chi connectivity index (χ0v) is 21.8. The minimum absolute atomic E-state index is 0.216. The predicted octanol–water partition coefficient (Wildman–Crippen LogP) is 4.47. The van der Waals surface area contributed by atoms with Crippen molar-refractivity contribution in [1.29, 1.82) is 0 Å². The Morgan fingerprint density at radius 2 is 1.86 bits per heavy atom. The molecular formula is C29H38FN5O2. The van der Waals surface area contributed by atoms with Gasteiger partial charge in [0, 0.05) is 43.4 Å². The molecule has 198 valence electrons. The summed E-state index contributed by atoms with van der Waals surface area (Å²) in [6.45, 7) is 5.09. The highest BCUT2D eigenvalue weighted by atomic mass is 19.1. The fourth-order valence-electron chi connectivity index (χ4n) is 4.98. The second-order valence-corrected chi connectivity index (χ2v) is 10.5. The van der Waals surface area contributed by atoms with Gasteiger partial charge in [-0.05, 0) is 24.9 Å². The van der Waals surface area contributed by atoms with Gasteiger partial charge in [-0.3, -0.25) is 4.39 Å². The van der Waals surface area contributed by atoms with E-state index >= 15 is 0 Å². The Kier molecular flexibility index (Phi) is 8.61. The Bertz CT molecular complexity index is 1150. The molecule has 0 saturated carbocycles. The number of nitrogens with zero attached hydrogens (tertiary/aromatic N) is 4. The lowest BCUT2D eigenvalue weighted by atomic mass is 9.83. The van der Waals surface area contributed by atoms with Gasteiger partial charge in [-0.25, -0.2) is 9.78 Å². The smallest absolute Gasteiger partial charge is 0.320 e. The molecule has 0 bridgehead atoms. The molecule has 2 amide bonds. The number of carbonyl (C=O) groups excluding carboxylic acids is 1. The van der Waals surface area contributed by atoms with Gasteiger partial charge in [-0.15, -0.1) is 0 Å². The van der Waals surface area contributed by atoms with E-state index in [1.54, 1.807) is 9.80 Å². The summed E-state index contributed by atoms with van der Waals surface area (Å²) in [5, 5.41) is 10.1. The van der Waals surface area contributed by atoms with Gasteiger partial charge in [0.15, 0.2) is 0 Å². The number of aromatic nitrogens is 2. The van der Waals surface area contributed by atoms with Crippen molar-refractivity contribution in [2.24, 2.45) is 11.1 Å². The van der Waals surface area contributed by atoms with E-state index < -0.39 is 24.2 Å². The number of amides is 2. The molecule has 3 N–H and O–H groups in total. The average Bonchev–Trinajstić information content (AvgIpc) is 3.53. The molecule has 0 radical (unpaired) electrons. The third-order valence-corrected chi connectivity index (χ3v) is 7.00. The first-order chi connectivity index (χ1) is 17.8. The van der Waals surface area contributed by atoms with E-state index in [1.165, 1.54) is 0 Å². The van der Waals surface area contributed by atoms with E-state index in [0.717, 1.165) is 16.8 Å². The number of urea groups is 1. The molecule has 2 atom stereocenters. The second-order valence-electron chi connectivity index (χ2n) is 10.5. The van der Waals surface area contributed by atoms with Crippen LogP contribution >= 0.6 is 0 Å². The molecule has 1 aliphatic heterocycles. The third kappa shape index (κ3) is 6.19. The summed E-state index contributed by atoms with van der Waals surface area (Å²) in [5.74, 6) is 0.635. The van der Waals surface area contributed by atoms with E-state index in [4.69, 9.17) is 10.7 Å². The number of β-amino-alcohol motifs (C(OH)–C–C–N with tert-alkyl or cyclic N) is 1. The highest BCUT2D eigenvalue weighted by Crippen LogP contribution is 2.40. The summed E-state index contributed by atoms with van der Waals surface area (Å²) in [6, 6.07) is 19.1. The summed E-state index contributed by atoms with van der Waals surface area (Å²) >= 11 is 0. The van der Waals surface area contributed by atoms with Gasteiger partial charge >= 0.3 is 6.03 Å². The zero-order chi connectivity index (χ0) is 26.4. The molecule has 2 heterocycles. The fourth-order valence-corrected chi connectivity index (χ4v) is 4.98. The molecule has 1 fully saturated rings. The van der Waals surface area contributed by atoms with Crippen molar-refractivity contribution in [1.82, 2.24) is 19.4 Å². The number of hydrogen-bond acceptors (Lipinski definition) is 4. The SMILES string of the molecule is CC(C)(CF)[C@H](c1nc(-c2ccccc2)cn1Cc1ccccc1)N(CCCN)C(=O)N1CC[C@H](O)C1. The number of alkyl halides is 1. The lowest BCUT2D eigenvalue weighted by Crippen LogP contribution is -2.50. The van der Waals surface area contributed by atoms with Gasteiger partial charge < -0.3 is 25.2 Å². The molecule has 0 spiro atoms. The van der Waals surface area contributed by atoms with Crippen molar-refractivity contribution >= 4 is 6.03 Å². The molecule has 1 saturated heterocycles. The number of halogens is 1. The third-order valence-electron chi connectivity index (χ3n) is 7.00. The quantitative estimate of drug-likeness (QED) is 0.424. The Morgan fingerprint density at radius 1 is 1.19 bits per heavy atom. The molecule has 0 unspecified atom stereocenters. The Hall–Kier alpha value is -3.23. The van der Waals surface area contributed by atoms with Crippen molar-refractivity contribution < 1.29 is 14.3 Å². The van der Waals surface area contributed by atoms with E-state index in [0.29, 0.717) is 44.8 Å². The number of aliphatic hydroxyl groups excluding tert-OH is 1. The van der Waals surface area contributed by atoms with Crippen LogP contribution in [-0.2, 0) is 6.54 Å². The predicted molar refractivity (Wildman–Crippen MR) is 144 cm³/mol. The van der Waals surface area contributed by atoms with Crippen LogP contribution in [0.1, 0.15) is 44.1 Å². The minimum atomic E-state index is -0.920. The van der Waals surface area contributed by atoms with Crippen LogP contribution in [0, 0.1) is 5.41 Å². The standard InChI is InChI=1S/C29H38FN5O2/c1-29(2,21-30)26(35(16-9-15-31)28(37)33-17-14-24(36)19-33)27-32-25(23-12-7-4-8-13-23)20-34(27)18-22-10-5-3-6-11-22/h3-8,10-13,20,24,26,36H,9,14-19,21,31H2,1-2H3/t24-,26-/m0/s1. The van der Waals surface area contributed by atoms with Gasteiger partial charge in [0.25, 0.3) is 0 Å². The van der Waals surface area contributed by atoms with Crippen LogP contribution < -0.4 is 5.73 Å². The molecule has 1 aliphatic rings. The summed E-state index contributed by atoms with van der Waals surface area (Å²) < 4.78 is 16.8. The van der Waals surface area contributed by atoms with Crippen LogP contribution in [-0.4, -0.2) is 69.4 Å². The second kappa shape index (κ2) is 11.9. The molecular weight excluding hydrogens is 469 g/mol. The number of nitrogens with two attached hydrogens (primary N) is 1. The molecule has 0 aliphatic carbocycles. The van der Waals surface area contributed by atoms with Crippen molar-refractivity contribution in [3.05, 3.63) is 78.2 Å². The number of hydrogen-bond donors (Lipinski definition) is 2. The van der Waals surface area contributed by atoms with Gasteiger partial charge in [0.1, 0.15) is 5.82 Å². The summed E-state index contributed by atoms with van der Waals surface area (Å²) in [7, 11) is 0. The number of benzene rings is 2. The maximum absolute atomic E-state index is 14.7.